The van der Waals surface area contributed by atoms with E-state index in [4.69, 9.17) is 0 Å². The SMILES string of the molecule is CC(C)CC(NC[C@H](C)O)c1ccccn1. The van der Waals surface area contributed by atoms with Crippen LogP contribution in [-0.4, -0.2) is 22.7 Å². The fourth-order valence-electron chi connectivity index (χ4n) is 1.67. The van der Waals surface area contributed by atoms with E-state index in [2.05, 4.69) is 24.1 Å². The molecule has 0 spiro atoms. The molecule has 1 rings (SSSR count). The highest BCUT2D eigenvalue weighted by Crippen LogP contribution is 2.18. The summed E-state index contributed by atoms with van der Waals surface area (Å²) in [6.45, 7) is 6.78. The summed E-state index contributed by atoms with van der Waals surface area (Å²) in [4.78, 5) is 4.37. The van der Waals surface area contributed by atoms with Crippen LogP contribution in [0.3, 0.4) is 0 Å². The molecule has 0 aromatic carbocycles. The Labute approximate surface area is 97.9 Å². The van der Waals surface area contributed by atoms with E-state index in [1.165, 1.54) is 0 Å². The number of hydrogen-bond acceptors (Lipinski definition) is 3. The maximum atomic E-state index is 9.30. The first kappa shape index (κ1) is 13.1. The molecule has 2 N–H and O–H groups in total. The van der Waals surface area contributed by atoms with Gasteiger partial charge in [0.1, 0.15) is 0 Å². The zero-order valence-electron chi connectivity index (χ0n) is 10.4. The molecule has 0 aliphatic carbocycles. The standard InChI is InChI=1S/C13H22N2O/c1-10(2)8-13(15-9-11(3)16)12-6-4-5-7-14-12/h4-7,10-11,13,15-16H,8-9H2,1-3H3/t11-,13?/m0/s1. The largest absolute Gasteiger partial charge is 0.392 e. The van der Waals surface area contributed by atoms with Crippen molar-refractivity contribution in [3.8, 4) is 0 Å². The first-order valence-electron chi connectivity index (χ1n) is 5.92. The van der Waals surface area contributed by atoms with Crippen molar-refractivity contribution in [2.45, 2.75) is 39.3 Å². The van der Waals surface area contributed by atoms with Crippen LogP contribution in [-0.2, 0) is 0 Å². The van der Waals surface area contributed by atoms with Gasteiger partial charge in [-0.15, -0.1) is 0 Å². The molecule has 0 bridgehead atoms. The van der Waals surface area contributed by atoms with Crippen LogP contribution in [0.2, 0.25) is 0 Å². The number of nitrogens with zero attached hydrogens (tertiary/aromatic N) is 1. The third-order valence-corrected chi connectivity index (χ3v) is 2.41. The molecule has 0 radical (unpaired) electrons. The fraction of sp³-hybridized carbons (Fsp3) is 0.615. The lowest BCUT2D eigenvalue weighted by molar-refractivity contribution is 0.183. The van der Waals surface area contributed by atoms with E-state index < -0.39 is 0 Å². The maximum absolute atomic E-state index is 9.30. The van der Waals surface area contributed by atoms with Crippen molar-refractivity contribution in [1.29, 1.82) is 0 Å². The summed E-state index contributed by atoms with van der Waals surface area (Å²) in [7, 11) is 0. The molecule has 0 amide bonds. The predicted octanol–water partition coefficient (Wildman–Crippen LogP) is 2.14. The van der Waals surface area contributed by atoms with Gasteiger partial charge < -0.3 is 10.4 Å². The minimum Gasteiger partial charge on any atom is -0.392 e. The van der Waals surface area contributed by atoms with E-state index in [0.717, 1.165) is 12.1 Å². The molecule has 0 aliphatic rings. The number of nitrogens with one attached hydrogen (secondary N) is 1. The summed E-state index contributed by atoms with van der Waals surface area (Å²) in [5.74, 6) is 0.605. The molecule has 1 unspecified atom stereocenters. The van der Waals surface area contributed by atoms with Gasteiger partial charge in [0.25, 0.3) is 0 Å². The van der Waals surface area contributed by atoms with Gasteiger partial charge >= 0.3 is 0 Å². The van der Waals surface area contributed by atoms with Crippen molar-refractivity contribution in [1.82, 2.24) is 10.3 Å². The lowest BCUT2D eigenvalue weighted by Gasteiger charge is -2.21. The summed E-state index contributed by atoms with van der Waals surface area (Å²) >= 11 is 0. The summed E-state index contributed by atoms with van der Waals surface area (Å²) in [6.07, 6.45) is 2.52. The Bertz CT molecular complexity index is 285. The number of aliphatic hydroxyl groups is 1. The molecule has 1 aromatic rings. The van der Waals surface area contributed by atoms with Crippen molar-refractivity contribution in [3.05, 3.63) is 30.1 Å². The Morgan fingerprint density at radius 2 is 2.06 bits per heavy atom. The summed E-state index contributed by atoms with van der Waals surface area (Å²) in [5.41, 5.74) is 1.05. The van der Waals surface area contributed by atoms with Crippen LogP contribution in [0.15, 0.2) is 24.4 Å². The fourth-order valence-corrected chi connectivity index (χ4v) is 1.67. The first-order chi connectivity index (χ1) is 7.59. The van der Waals surface area contributed by atoms with Crippen molar-refractivity contribution >= 4 is 0 Å². The van der Waals surface area contributed by atoms with E-state index in [9.17, 15) is 5.11 Å². The van der Waals surface area contributed by atoms with E-state index in [0.29, 0.717) is 12.5 Å². The second kappa shape index (κ2) is 6.61. The Morgan fingerprint density at radius 1 is 1.31 bits per heavy atom. The van der Waals surface area contributed by atoms with Crippen molar-refractivity contribution in [3.63, 3.8) is 0 Å². The predicted molar refractivity (Wildman–Crippen MR) is 66.1 cm³/mol. The van der Waals surface area contributed by atoms with Gasteiger partial charge in [0.2, 0.25) is 0 Å². The zero-order chi connectivity index (χ0) is 12.0. The Morgan fingerprint density at radius 3 is 2.56 bits per heavy atom. The van der Waals surface area contributed by atoms with Gasteiger partial charge in [-0.05, 0) is 31.4 Å². The molecule has 90 valence electrons. The molecular weight excluding hydrogens is 200 g/mol. The first-order valence-corrected chi connectivity index (χ1v) is 5.92. The summed E-state index contributed by atoms with van der Waals surface area (Å²) in [5, 5.41) is 12.7. The molecule has 0 saturated carbocycles. The third kappa shape index (κ3) is 4.73. The van der Waals surface area contributed by atoms with Gasteiger partial charge in [0.15, 0.2) is 0 Å². The van der Waals surface area contributed by atoms with Gasteiger partial charge in [-0.1, -0.05) is 19.9 Å². The van der Waals surface area contributed by atoms with Crippen molar-refractivity contribution in [2.75, 3.05) is 6.54 Å². The van der Waals surface area contributed by atoms with Crippen LogP contribution in [0.4, 0.5) is 0 Å². The molecule has 0 saturated heterocycles. The second-order valence-corrected chi connectivity index (χ2v) is 4.69. The van der Waals surface area contributed by atoms with Crippen LogP contribution in [0.5, 0.6) is 0 Å². The molecule has 2 atom stereocenters. The molecule has 3 heteroatoms. The van der Waals surface area contributed by atoms with Gasteiger partial charge in [-0.2, -0.15) is 0 Å². The van der Waals surface area contributed by atoms with E-state index in [1.54, 1.807) is 6.92 Å². The topological polar surface area (TPSA) is 45.1 Å². The van der Waals surface area contributed by atoms with Gasteiger partial charge in [-0.25, -0.2) is 0 Å². The monoisotopic (exact) mass is 222 g/mol. The minimum absolute atomic E-state index is 0.232. The number of aromatic nitrogens is 1. The van der Waals surface area contributed by atoms with Gasteiger partial charge in [0.05, 0.1) is 11.8 Å². The highest BCUT2D eigenvalue weighted by atomic mass is 16.3. The second-order valence-electron chi connectivity index (χ2n) is 4.69. The summed E-state index contributed by atoms with van der Waals surface area (Å²) < 4.78 is 0. The van der Waals surface area contributed by atoms with Crippen molar-refractivity contribution < 1.29 is 5.11 Å². The lowest BCUT2D eigenvalue weighted by atomic mass is 10.0. The van der Waals surface area contributed by atoms with Crippen LogP contribution >= 0.6 is 0 Å². The zero-order valence-corrected chi connectivity index (χ0v) is 10.4. The molecule has 16 heavy (non-hydrogen) atoms. The highest BCUT2D eigenvalue weighted by molar-refractivity contribution is 5.08. The van der Waals surface area contributed by atoms with Crippen molar-refractivity contribution in [2.24, 2.45) is 5.92 Å². The molecule has 0 aliphatic heterocycles. The van der Waals surface area contributed by atoms with Crippen LogP contribution in [0.25, 0.3) is 0 Å². The lowest BCUT2D eigenvalue weighted by Crippen LogP contribution is -2.30. The van der Waals surface area contributed by atoms with E-state index in [-0.39, 0.29) is 12.1 Å². The number of rotatable bonds is 6. The normalized spacial score (nSPS) is 15.1. The van der Waals surface area contributed by atoms with Gasteiger partial charge in [0, 0.05) is 18.8 Å². The Balaban J connectivity index is 2.64. The third-order valence-electron chi connectivity index (χ3n) is 2.41. The van der Waals surface area contributed by atoms with Crippen LogP contribution in [0.1, 0.15) is 38.9 Å². The quantitative estimate of drug-likeness (QED) is 0.775. The number of hydrogen-bond donors (Lipinski definition) is 2. The molecule has 3 nitrogen and oxygen atoms in total. The van der Waals surface area contributed by atoms with E-state index >= 15 is 0 Å². The highest BCUT2D eigenvalue weighted by Gasteiger charge is 2.14. The average Bonchev–Trinajstić information content (AvgIpc) is 2.25. The molecular formula is C13H22N2O. The summed E-state index contributed by atoms with van der Waals surface area (Å²) in [6, 6.07) is 6.18. The van der Waals surface area contributed by atoms with E-state index in [1.807, 2.05) is 24.4 Å². The number of pyridine rings is 1. The van der Waals surface area contributed by atoms with Crippen LogP contribution < -0.4 is 5.32 Å². The maximum Gasteiger partial charge on any atom is 0.0636 e. The number of aliphatic hydroxyl groups excluding tert-OH is 1. The molecule has 1 aromatic heterocycles. The minimum atomic E-state index is -0.321. The Hall–Kier alpha value is -0.930. The van der Waals surface area contributed by atoms with Gasteiger partial charge in [-0.3, -0.25) is 4.98 Å². The van der Waals surface area contributed by atoms with Crippen LogP contribution in [0, 0.1) is 5.92 Å². The Kier molecular flexibility index (Phi) is 5.43. The smallest absolute Gasteiger partial charge is 0.0636 e. The molecule has 0 fully saturated rings. The molecule has 1 heterocycles. The average molecular weight is 222 g/mol.